The zero-order valence-electron chi connectivity index (χ0n) is 8.16. The SMILES string of the molecule is CC1=C[C@@H](c2ccccc2)CCC1. The van der Waals surface area contributed by atoms with E-state index < -0.39 is 0 Å². The number of rotatable bonds is 1. The van der Waals surface area contributed by atoms with Crippen LogP contribution in [-0.2, 0) is 0 Å². The van der Waals surface area contributed by atoms with Gasteiger partial charge in [0.1, 0.15) is 0 Å². The first kappa shape index (κ1) is 8.55. The van der Waals surface area contributed by atoms with E-state index in [0.717, 1.165) is 0 Å². The van der Waals surface area contributed by atoms with Crippen molar-refractivity contribution in [2.75, 3.05) is 0 Å². The summed E-state index contributed by atoms with van der Waals surface area (Å²) in [4.78, 5) is 0. The Morgan fingerprint density at radius 1 is 1.15 bits per heavy atom. The zero-order valence-corrected chi connectivity index (χ0v) is 8.16. The topological polar surface area (TPSA) is 0 Å². The minimum absolute atomic E-state index is 0.676. The predicted octanol–water partition coefficient (Wildman–Crippen LogP) is 3.90. The third-order valence-corrected chi connectivity index (χ3v) is 2.80. The molecule has 0 saturated carbocycles. The van der Waals surface area contributed by atoms with Gasteiger partial charge in [-0.2, -0.15) is 0 Å². The maximum atomic E-state index is 2.43. The van der Waals surface area contributed by atoms with Crippen molar-refractivity contribution in [3.63, 3.8) is 0 Å². The first-order valence-electron chi connectivity index (χ1n) is 5.08. The monoisotopic (exact) mass is 172 g/mol. The maximum absolute atomic E-state index is 2.43. The van der Waals surface area contributed by atoms with Crippen molar-refractivity contribution in [1.29, 1.82) is 0 Å². The Balaban J connectivity index is 2.22. The van der Waals surface area contributed by atoms with Gasteiger partial charge in [0.2, 0.25) is 0 Å². The quantitative estimate of drug-likeness (QED) is 0.563. The van der Waals surface area contributed by atoms with Gasteiger partial charge in [0.15, 0.2) is 0 Å². The van der Waals surface area contributed by atoms with Gasteiger partial charge >= 0.3 is 0 Å². The fourth-order valence-corrected chi connectivity index (χ4v) is 2.07. The molecule has 0 heterocycles. The molecule has 0 nitrogen and oxygen atoms in total. The van der Waals surface area contributed by atoms with Gasteiger partial charge in [0, 0.05) is 5.92 Å². The van der Waals surface area contributed by atoms with E-state index >= 15 is 0 Å². The van der Waals surface area contributed by atoms with Crippen molar-refractivity contribution < 1.29 is 0 Å². The summed E-state index contributed by atoms with van der Waals surface area (Å²) in [5, 5.41) is 0. The third kappa shape index (κ3) is 2.00. The second-order valence-electron chi connectivity index (χ2n) is 3.92. The standard InChI is InChI=1S/C13H16/c1-11-6-5-9-13(10-11)12-7-3-2-4-8-12/h2-4,7-8,10,13H,5-6,9H2,1H3/t13-/m0/s1. The molecular formula is C13H16. The molecule has 1 aromatic carbocycles. The van der Waals surface area contributed by atoms with E-state index in [1.807, 2.05) is 0 Å². The van der Waals surface area contributed by atoms with Crippen LogP contribution >= 0.6 is 0 Å². The average molecular weight is 172 g/mol. The molecule has 1 atom stereocenters. The van der Waals surface area contributed by atoms with Gasteiger partial charge in [-0.1, -0.05) is 42.0 Å². The summed E-state index contributed by atoms with van der Waals surface area (Å²) in [6.07, 6.45) is 6.39. The summed E-state index contributed by atoms with van der Waals surface area (Å²) < 4.78 is 0. The Morgan fingerprint density at radius 2 is 1.92 bits per heavy atom. The van der Waals surface area contributed by atoms with Crippen LogP contribution in [0.15, 0.2) is 42.0 Å². The van der Waals surface area contributed by atoms with Crippen molar-refractivity contribution in [3.8, 4) is 0 Å². The third-order valence-electron chi connectivity index (χ3n) is 2.80. The van der Waals surface area contributed by atoms with Crippen molar-refractivity contribution >= 4 is 0 Å². The Labute approximate surface area is 80.3 Å². The molecule has 0 bridgehead atoms. The maximum Gasteiger partial charge on any atom is 0.00206 e. The molecule has 13 heavy (non-hydrogen) atoms. The number of hydrogen-bond donors (Lipinski definition) is 0. The highest BCUT2D eigenvalue weighted by Gasteiger charge is 2.12. The van der Waals surface area contributed by atoms with Gasteiger partial charge in [-0.05, 0) is 31.7 Å². The molecule has 1 aromatic rings. The van der Waals surface area contributed by atoms with Gasteiger partial charge in [-0.15, -0.1) is 0 Å². The Bertz CT molecular complexity index is 295. The molecule has 0 radical (unpaired) electrons. The van der Waals surface area contributed by atoms with Crippen LogP contribution in [0, 0.1) is 0 Å². The highest BCUT2D eigenvalue weighted by Crippen LogP contribution is 2.30. The molecule has 0 aliphatic heterocycles. The van der Waals surface area contributed by atoms with E-state index in [-0.39, 0.29) is 0 Å². The molecule has 68 valence electrons. The first-order chi connectivity index (χ1) is 6.36. The lowest BCUT2D eigenvalue weighted by atomic mass is 9.86. The van der Waals surface area contributed by atoms with Crippen molar-refractivity contribution in [3.05, 3.63) is 47.5 Å². The van der Waals surface area contributed by atoms with Crippen LogP contribution in [0.1, 0.15) is 37.7 Å². The number of hydrogen-bond acceptors (Lipinski definition) is 0. The molecule has 1 aliphatic rings. The lowest BCUT2D eigenvalue weighted by molar-refractivity contribution is 0.633. The van der Waals surface area contributed by atoms with Crippen molar-refractivity contribution in [2.45, 2.75) is 32.1 Å². The fourth-order valence-electron chi connectivity index (χ4n) is 2.07. The normalized spacial score (nSPS) is 22.5. The van der Waals surface area contributed by atoms with Gasteiger partial charge in [0.05, 0.1) is 0 Å². The first-order valence-corrected chi connectivity index (χ1v) is 5.08. The summed E-state index contributed by atoms with van der Waals surface area (Å²) in [5.74, 6) is 0.676. The van der Waals surface area contributed by atoms with E-state index in [4.69, 9.17) is 0 Å². The van der Waals surface area contributed by atoms with Gasteiger partial charge in [-0.25, -0.2) is 0 Å². The van der Waals surface area contributed by atoms with Crippen LogP contribution in [0.2, 0.25) is 0 Å². The van der Waals surface area contributed by atoms with E-state index in [1.54, 1.807) is 5.57 Å². The molecule has 1 aliphatic carbocycles. The summed E-state index contributed by atoms with van der Waals surface area (Å²) in [6.45, 7) is 2.25. The van der Waals surface area contributed by atoms with Crippen LogP contribution in [-0.4, -0.2) is 0 Å². The minimum atomic E-state index is 0.676. The van der Waals surface area contributed by atoms with Crippen LogP contribution < -0.4 is 0 Å². The molecule has 2 rings (SSSR count). The number of benzene rings is 1. The average Bonchev–Trinajstić information content (AvgIpc) is 2.19. The molecule has 0 N–H and O–H groups in total. The van der Waals surface area contributed by atoms with Gasteiger partial charge < -0.3 is 0 Å². The second kappa shape index (κ2) is 3.78. The Kier molecular flexibility index (Phi) is 2.49. The molecular weight excluding hydrogens is 156 g/mol. The van der Waals surface area contributed by atoms with Crippen molar-refractivity contribution in [1.82, 2.24) is 0 Å². The lowest BCUT2D eigenvalue weighted by Crippen LogP contribution is -2.01. The summed E-state index contributed by atoms with van der Waals surface area (Å²) in [7, 11) is 0. The molecule has 0 unspecified atom stereocenters. The minimum Gasteiger partial charge on any atom is -0.0781 e. The van der Waals surface area contributed by atoms with Crippen LogP contribution in [0.3, 0.4) is 0 Å². The van der Waals surface area contributed by atoms with Gasteiger partial charge in [0.25, 0.3) is 0 Å². The zero-order chi connectivity index (χ0) is 9.10. The van der Waals surface area contributed by atoms with Crippen LogP contribution in [0.25, 0.3) is 0 Å². The number of allylic oxidation sites excluding steroid dienone is 2. The fraction of sp³-hybridized carbons (Fsp3) is 0.385. The van der Waals surface area contributed by atoms with Crippen LogP contribution in [0.4, 0.5) is 0 Å². The molecule has 0 spiro atoms. The van der Waals surface area contributed by atoms with E-state index in [9.17, 15) is 0 Å². The Hall–Kier alpha value is -1.04. The summed E-state index contributed by atoms with van der Waals surface area (Å²) in [5.41, 5.74) is 3.03. The van der Waals surface area contributed by atoms with E-state index in [1.165, 1.54) is 24.8 Å². The smallest absolute Gasteiger partial charge is 0.00206 e. The molecule has 0 amide bonds. The predicted molar refractivity (Wildman–Crippen MR) is 56.8 cm³/mol. The molecule has 0 saturated heterocycles. The van der Waals surface area contributed by atoms with E-state index in [2.05, 4.69) is 43.3 Å². The second-order valence-corrected chi connectivity index (χ2v) is 3.92. The van der Waals surface area contributed by atoms with Crippen LogP contribution in [0.5, 0.6) is 0 Å². The van der Waals surface area contributed by atoms with Crippen molar-refractivity contribution in [2.24, 2.45) is 0 Å². The summed E-state index contributed by atoms with van der Waals surface area (Å²) in [6, 6.07) is 10.8. The largest absolute Gasteiger partial charge is 0.0781 e. The lowest BCUT2D eigenvalue weighted by Gasteiger charge is -2.19. The highest BCUT2D eigenvalue weighted by molar-refractivity contribution is 5.26. The highest BCUT2D eigenvalue weighted by atomic mass is 14.2. The summed E-state index contributed by atoms with van der Waals surface area (Å²) >= 11 is 0. The van der Waals surface area contributed by atoms with Gasteiger partial charge in [-0.3, -0.25) is 0 Å². The Morgan fingerprint density at radius 3 is 2.62 bits per heavy atom. The molecule has 0 aromatic heterocycles. The van der Waals surface area contributed by atoms with E-state index in [0.29, 0.717) is 5.92 Å². The molecule has 0 fully saturated rings. The molecule has 0 heteroatoms.